The van der Waals surface area contributed by atoms with Crippen LogP contribution in [0.2, 0.25) is 0 Å². The van der Waals surface area contributed by atoms with Gasteiger partial charge in [0.1, 0.15) is 23.0 Å². The van der Waals surface area contributed by atoms with Crippen LogP contribution in [-0.2, 0) is 9.47 Å². The van der Waals surface area contributed by atoms with Crippen molar-refractivity contribution in [2.75, 3.05) is 27.4 Å². The Morgan fingerprint density at radius 2 is 0.958 bits per heavy atom. The normalized spacial score (nSPS) is 20.2. The second-order valence-electron chi connectivity index (χ2n) is 5.07. The number of hydrogen-bond acceptors (Lipinski definition) is 6. The molecule has 24 heavy (non-hydrogen) atoms. The predicted octanol–water partition coefficient (Wildman–Crippen LogP) is 2.86. The number of ether oxygens (including phenoxy) is 6. The molecule has 3 rings (SSSR count). The Balaban J connectivity index is 1.65. The molecule has 2 atom stereocenters. The van der Waals surface area contributed by atoms with E-state index in [4.69, 9.17) is 28.4 Å². The van der Waals surface area contributed by atoms with E-state index < -0.39 is 12.6 Å². The molecule has 0 amide bonds. The number of methoxy groups -OCH3 is 2. The first-order valence-electron chi connectivity index (χ1n) is 7.63. The summed E-state index contributed by atoms with van der Waals surface area (Å²) in [5.74, 6) is 2.81. The molecule has 0 bridgehead atoms. The van der Waals surface area contributed by atoms with Crippen molar-refractivity contribution in [2.24, 2.45) is 0 Å². The summed E-state index contributed by atoms with van der Waals surface area (Å²) in [5.41, 5.74) is 0. The van der Waals surface area contributed by atoms with Crippen molar-refractivity contribution >= 4 is 0 Å². The van der Waals surface area contributed by atoms with Crippen molar-refractivity contribution in [1.82, 2.24) is 0 Å². The van der Waals surface area contributed by atoms with Gasteiger partial charge in [-0.05, 0) is 48.5 Å². The van der Waals surface area contributed by atoms with Gasteiger partial charge in [-0.2, -0.15) is 0 Å². The molecule has 128 valence electrons. The zero-order valence-electron chi connectivity index (χ0n) is 13.6. The summed E-state index contributed by atoms with van der Waals surface area (Å²) in [6.07, 6.45) is -1.32. The lowest BCUT2D eigenvalue weighted by Crippen LogP contribution is -2.45. The summed E-state index contributed by atoms with van der Waals surface area (Å²) in [6, 6.07) is 14.5. The monoisotopic (exact) mass is 332 g/mol. The third-order valence-electron chi connectivity index (χ3n) is 3.49. The molecule has 0 aromatic heterocycles. The van der Waals surface area contributed by atoms with Gasteiger partial charge < -0.3 is 28.4 Å². The average Bonchev–Trinajstić information content (AvgIpc) is 2.64. The van der Waals surface area contributed by atoms with E-state index in [-0.39, 0.29) is 0 Å². The second-order valence-corrected chi connectivity index (χ2v) is 5.07. The molecule has 0 aliphatic carbocycles. The number of hydrogen-bond donors (Lipinski definition) is 0. The molecule has 0 N–H and O–H groups in total. The van der Waals surface area contributed by atoms with Crippen molar-refractivity contribution < 1.29 is 28.4 Å². The fourth-order valence-corrected chi connectivity index (χ4v) is 2.24. The molecule has 1 aliphatic rings. The molecule has 1 heterocycles. The Morgan fingerprint density at radius 3 is 1.29 bits per heavy atom. The molecule has 0 radical (unpaired) electrons. The highest BCUT2D eigenvalue weighted by Crippen LogP contribution is 2.24. The molecule has 1 aliphatic heterocycles. The van der Waals surface area contributed by atoms with E-state index in [1.54, 1.807) is 38.5 Å². The van der Waals surface area contributed by atoms with Gasteiger partial charge in [0.15, 0.2) is 0 Å². The standard InChI is InChI=1S/C18H20O6/c1-19-13-3-7-15(8-4-13)23-17-18(22-12-11-21-17)24-16-9-5-14(20-2)6-10-16/h3-10,17-18H,11-12H2,1-2H3/t17-,18-/m0/s1. The zero-order valence-corrected chi connectivity index (χ0v) is 13.6. The van der Waals surface area contributed by atoms with E-state index in [2.05, 4.69) is 0 Å². The van der Waals surface area contributed by atoms with Crippen molar-refractivity contribution in [1.29, 1.82) is 0 Å². The largest absolute Gasteiger partial charge is 0.497 e. The molecular weight excluding hydrogens is 312 g/mol. The highest BCUT2D eigenvalue weighted by Gasteiger charge is 2.31. The summed E-state index contributed by atoms with van der Waals surface area (Å²) in [7, 11) is 3.24. The van der Waals surface area contributed by atoms with Crippen LogP contribution in [0, 0.1) is 0 Å². The topological polar surface area (TPSA) is 55.4 Å². The maximum absolute atomic E-state index is 5.83. The molecule has 2 aromatic rings. The first kappa shape index (κ1) is 16.4. The fourth-order valence-electron chi connectivity index (χ4n) is 2.24. The Kier molecular flexibility index (Phi) is 5.40. The lowest BCUT2D eigenvalue weighted by Gasteiger charge is -2.31. The summed E-state index contributed by atoms with van der Waals surface area (Å²) < 4.78 is 33.2. The predicted molar refractivity (Wildman–Crippen MR) is 86.7 cm³/mol. The minimum absolute atomic E-state index is 0.448. The molecule has 6 nitrogen and oxygen atoms in total. The third kappa shape index (κ3) is 4.10. The van der Waals surface area contributed by atoms with Crippen LogP contribution < -0.4 is 18.9 Å². The van der Waals surface area contributed by atoms with Gasteiger partial charge in [0.05, 0.1) is 27.4 Å². The van der Waals surface area contributed by atoms with Crippen molar-refractivity contribution in [3.8, 4) is 23.0 Å². The highest BCUT2D eigenvalue weighted by molar-refractivity contribution is 5.32. The van der Waals surface area contributed by atoms with E-state index >= 15 is 0 Å². The average molecular weight is 332 g/mol. The van der Waals surface area contributed by atoms with Crippen LogP contribution in [0.3, 0.4) is 0 Å². The lowest BCUT2D eigenvalue weighted by atomic mass is 10.3. The number of benzene rings is 2. The molecule has 0 saturated carbocycles. The van der Waals surface area contributed by atoms with Gasteiger partial charge in [-0.15, -0.1) is 0 Å². The van der Waals surface area contributed by atoms with Gasteiger partial charge in [0.25, 0.3) is 12.6 Å². The lowest BCUT2D eigenvalue weighted by molar-refractivity contribution is -0.271. The summed E-state index contributed by atoms with van der Waals surface area (Å²) in [4.78, 5) is 0. The maximum atomic E-state index is 5.83. The Morgan fingerprint density at radius 1 is 0.625 bits per heavy atom. The summed E-state index contributed by atoms with van der Waals surface area (Å²) >= 11 is 0. The van der Waals surface area contributed by atoms with E-state index in [0.29, 0.717) is 24.7 Å². The summed E-state index contributed by atoms with van der Waals surface area (Å²) in [6.45, 7) is 0.895. The first-order chi connectivity index (χ1) is 11.8. The van der Waals surface area contributed by atoms with Crippen molar-refractivity contribution in [3.05, 3.63) is 48.5 Å². The number of rotatable bonds is 6. The SMILES string of the molecule is COc1ccc(O[C@@H]2OCCO[C@H]2Oc2ccc(OC)cc2)cc1. The molecule has 1 saturated heterocycles. The van der Waals surface area contributed by atoms with E-state index in [1.165, 1.54) is 0 Å². The van der Waals surface area contributed by atoms with Crippen LogP contribution in [0.15, 0.2) is 48.5 Å². The quantitative estimate of drug-likeness (QED) is 0.811. The first-order valence-corrected chi connectivity index (χ1v) is 7.63. The van der Waals surface area contributed by atoms with Crippen LogP contribution in [0.5, 0.6) is 23.0 Å². The van der Waals surface area contributed by atoms with Crippen LogP contribution in [0.1, 0.15) is 0 Å². The van der Waals surface area contributed by atoms with Crippen molar-refractivity contribution in [2.45, 2.75) is 12.6 Å². The molecule has 2 aromatic carbocycles. The van der Waals surface area contributed by atoms with Gasteiger partial charge in [0, 0.05) is 0 Å². The molecule has 6 heteroatoms. The van der Waals surface area contributed by atoms with Gasteiger partial charge in [0.2, 0.25) is 0 Å². The van der Waals surface area contributed by atoms with Crippen LogP contribution in [-0.4, -0.2) is 40.0 Å². The minimum Gasteiger partial charge on any atom is -0.497 e. The minimum atomic E-state index is -0.658. The Hall–Kier alpha value is -2.44. The maximum Gasteiger partial charge on any atom is 0.263 e. The van der Waals surface area contributed by atoms with E-state index in [9.17, 15) is 0 Å². The summed E-state index contributed by atoms with van der Waals surface area (Å²) in [5, 5.41) is 0. The van der Waals surface area contributed by atoms with Gasteiger partial charge >= 0.3 is 0 Å². The van der Waals surface area contributed by atoms with Gasteiger partial charge in [-0.3, -0.25) is 0 Å². The molecule has 1 fully saturated rings. The smallest absolute Gasteiger partial charge is 0.263 e. The highest BCUT2D eigenvalue weighted by atomic mass is 16.8. The fraction of sp³-hybridized carbons (Fsp3) is 0.333. The Bertz CT molecular complexity index is 567. The van der Waals surface area contributed by atoms with E-state index in [1.807, 2.05) is 24.3 Å². The van der Waals surface area contributed by atoms with Gasteiger partial charge in [-0.25, -0.2) is 0 Å². The van der Waals surface area contributed by atoms with Crippen LogP contribution in [0.4, 0.5) is 0 Å². The Labute approximate surface area is 140 Å². The zero-order chi connectivity index (χ0) is 16.8. The second kappa shape index (κ2) is 7.90. The van der Waals surface area contributed by atoms with E-state index in [0.717, 1.165) is 11.5 Å². The van der Waals surface area contributed by atoms with Crippen LogP contribution in [0.25, 0.3) is 0 Å². The van der Waals surface area contributed by atoms with Crippen LogP contribution >= 0.6 is 0 Å². The molecular formula is C18H20O6. The third-order valence-corrected chi connectivity index (χ3v) is 3.49. The van der Waals surface area contributed by atoms with Crippen molar-refractivity contribution in [3.63, 3.8) is 0 Å². The van der Waals surface area contributed by atoms with Gasteiger partial charge in [-0.1, -0.05) is 0 Å². The molecule has 0 unspecified atom stereocenters. The molecule has 0 spiro atoms.